The molecule has 1 atom stereocenters. The van der Waals surface area contributed by atoms with Gasteiger partial charge in [0.25, 0.3) is 5.91 Å². The minimum atomic E-state index is -0.878. The van der Waals surface area contributed by atoms with Crippen LogP contribution in [0.25, 0.3) is 5.65 Å². The Labute approximate surface area is 281 Å². The molecule has 9 heteroatoms. The molecular weight excluding hydrogens is 608 g/mol. The highest BCUT2D eigenvalue weighted by atomic mass is 35.5. The Bertz CT molecular complexity index is 1810. The van der Waals surface area contributed by atoms with Gasteiger partial charge in [-0.25, -0.2) is 4.52 Å². The second kappa shape index (κ2) is 13.4. The number of nitrogens with zero attached hydrogens (tertiary/aromatic N) is 5. The van der Waals surface area contributed by atoms with Crippen LogP contribution in [-0.4, -0.2) is 56.7 Å². The van der Waals surface area contributed by atoms with Crippen LogP contribution < -0.4 is 10.2 Å². The highest BCUT2D eigenvalue weighted by Gasteiger charge is 2.35. The van der Waals surface area contributed by atoms with Crippen LogP contribution in [0.5, 0.6) is 0 Å². The van der Waals surface area contributed by atoms with E-state index in [0.29, 0.717) is 54.3 Å². The van der Waals surface area contributed by atoms with Crippen LogP contribution in [0.4, 0.5) is 17.3 Å². The van der Waals surface area contributed by atoms with Gasteiger partial charge in [-0.15, -0.1) is 5.10 Å². The molecule has 2 saturated heterocycles. The van der Waals surface area contributed by atoms with Crippen molar-refractivity contribution in [2.75, 3.05) is 36.4 Å². The first-order valence-electron chi connectivity index (χ1n) is 16.6. The van der Waals surface area contributed by atoms with Crippen LogP contribution >= 0.6 is 11.6 Å². The first-order valence-corrected chi connectivity index (χ1v) is 17.0. The zero-order valence-electron chi connectivity index (χ0n) is 26.7. The number of amides is 1. The van der Waals surface area contributed by atoms with Crippen LogP contribution in [0.15, 0.2) is 103 Å². The lowest BCUT2D eigenvalue weighted by Gasteiger charge is -2.39. The molecule has 0 radical (unpaired) electrons. The molecule has 1 unspecified atom stereocenters. The number of aromatic nitrogens is 3. The lowest BCUT2D eigenvalue weighted by molar-refractivity contribution is 0.0118. The van der Waals surface area contributed by atoms with Crippen LogP contribution in [0.2, 0.25) is 5.02 Å². The highest BCUT2D eigenvalue weighted by molar-refractivity contribution is 6.30. The van der Waals surface area contributed by atoms with Crippen molar-refractivity contribution < 1.29 is 9.90 Å². The number of benzene rings is 2. The van der Waals surface area contributed by atoms with E-state index >= 15 is 0 Å². The van der Waals surface area contributed by atoms with Crippen molar-refractivity contribution in [3.63, 3.8) is 0 Å². The predicted molar refractivity (Wildman–Crippen MR) is 188 cm³/mol. The van der Waals surface area contributed by atoms with E-state index in [1.54, 1.807) is 4.52 Å². The van der Waals surface area contributed by atoms with E-state index in [4.69, 9.17) is 16.6 Å². The molecule has 1 aliphatic carbocycles. The number of hydrogen-bond donors (Lipinski definition) is 2. The summed E-state index contributed by atoms with van der Waals surface area (Å²) in [7, 11) is 0. The van der Waals surface area contributed by atoms with E-state index in [0.717, 1.165) is 54.9 Å². The number of halogens is 1. The second-order valence-corrected chi connectivity index (χ2v) is 13.5. The van der Waals surface area contributed by atoms with E-state index in [2.05, 4.69) is 52.6 Å². The number of carbonyl (C=O) groups excluding carboxylic acids is 1. The number of aliphatic hydroxyl groups is 1. The summed E-state index contributed by atoms with van der Waals surface area (Å²) in [6.07, 6.45) is 17.3. The summed E-state index contributed by atoms with van der Waals surface area (Å²) < 4.78 is 1.78. The monoisotopic (exact) mass is 648 g/mol. The number of nitrogens with one attached hydrogen (secondary N) is 1. The van der Waals surface area contributed by atoms with Crippen molar-refractivity contribution in [1.29, 1.82) is 0 Å². The van der Waals surface area contributed by atoms with Gasteiger partial charge < -0.3 is 20.2 Å². The van der Waals surface area contributed by atoms with Crippen LogP contribution in [0.1, 0.15) is 54.9 Å². The van der Waals surface area contributed by atoms with Crippen LogP contribution in [-0.2, 0) is 5.60 Å². The smallest absolute Gasteiger partial charge is 0.253 e. The Kier molecular flexibility index (Phi) is 8.88. The number of pyridine rings is 1. The molecular formula is C38H41ClN6O2. The molecule has 2 aromatic heterocycles. The molecule has 47 heavy (non-hydrogen) atoms. The Balaban J connectivity index is 0.969. The summed E-state index contributed by atoms with van der Waals surface area (Å²) in [4.78, 5) is 22.4. The minimum Gasteiger partial charge on any atom is -0.385 e. The van der Waals surface area contributed by atoms with Gasteiger partial charge in [0.15, 0.2) is 5.65 Å². The second-order valence-electron chi connectivity index (χ2n) is 13.1. The van der Waals surface area contributed by atoms with E-state index < -0.39 is 5.60 Å². The van der Waals surface area contributed by atoms with Crippen LogP contribution in [0.3, 0.4) is 0 Å². The van der Waals surface area contributed by atoms with E-state index in [-0.39, 0.29) is 5.91 Å². The molecule has 0 spiro atoms. The van der Waals surface area contributed by atoms with Gasteiger partial charge in [0.2, 0.25) is 5.95 Å². The summed E-state index contributed by atoms with van der Waals surface area (Å²) >= 11 is 6.06. The SMILES string of the molecule is CC1C=CC=CC(C2CCN(C(=O)c3ccc(Nc4nc5c(N6CCC(O)(c7ccc(Cl)cc7)CC6)cccn5n4)cc3)CC2)=CC1. The zero-order chi connectivity index (χ0) is 32.4. The van der Waals surface area contributed by atoms with E-state index in [9.17, 15) is 9.90 Å². The highest BCUT2D eigenvalue weighted by Crippen LogP contribution is 2.36. The Morgan fingerprint density at radius 2 is 1.72 bits per heavy atom. The van der Waals surface area contributed by atoms with Gasteiger partial charge in [-0.2, -0.15) is 4.98 Å². The number of piperidine rings is 2. The lowest BCUT2D eigenvalue weighted by atomic mass is 9.84. The van der Waals surface area contributed by atoms with Gasteiger partial charge in [-0.3, -0.25) is 4.79 Å². The van der Waals surface area contributed by atoms with Crippen molar-refractivity contribution in [2.45, 2.75) is 44.6 Å². The number of fused-ring (bicyclic) bond motifs is 1. The quantitative estimate of drug-likeness (QED) is 0.225. The first-order chi connectivity index (χ1) is 22.8. The molecule has 0 saturated carbocycles. The molecule has 2 aromatic carbocycles. The van der Waals surface area contributed by atoms with Crippen molar-refractivity contribution in [2.24, 2.45) is 11.8 Å². The van der Waals surface area contributed by atoms with Gasteiger partial charge in [0, 0.05) is 48.6 Å². The molecule has 8 nitrogen and oxygen atoms in total. The maximum atomic E-state index is 13.3. The molecule has 242 valence electrons. The molecule has 4 aromatic rings. The van der Waals surface area contributed by atoms with E-state index in [1.165, 1.54) is 5.57 Å². The fourth-order valence-corrected chi connectivity index (χ4v) is 7.10. The van der Waals surface area contributed by atoms with Gasteiger partial charge >= 0.3 is 0 Å². The maximum absolute atomic E-state index is 13.3. The fraction of sp³-hybridized carbons (Fsp3) is 0.342. The molecule has 2 N–H and O–H groups in total. The molecule has 1 amide bonds. The zero-order valence-corrected chi connectivity index (χ0v) is 27.5. The summed E-state index contributed by atoms with van der Waals surface area (Å²) in [5.41, 5.74) is 4.66. The Morgan fingerprint density at radius 3 is 2.47 bits per heavy atom. The average Bonchev–Trinajstić information content (AvgIpc) is 3.50. The molecule has 2 fully saturated rings. The van der Waals surface area contributed by atoms with Crippen molar-refractivity contribution in [1.82, 2.24) is 19.5 Å². The number of rotatable bonds is 6. The number of carbonyl (C=O) groups is 1. The van der Waals surface area contributed by atoms with Crippen molar-refractivity contribution in [3.8, 4) is 0 Å². The normalized spacial score (nSPS) is 20.1. The number of anilines is 3. The maximum Gasteiger partial charge on any atom is 0.253 e. The van der Waals surface area contributed by atoms with Gasteiger partial charge in [0.05, 0.1) is 11.3 Å². The average molecular weight is 649 g/mol. The van der Waals surface area contributed by atoms with Gasteiger partial charge in [-0.05, 0) is 104 Å². The van der Waals surface area contributed by atoms with Crippen molar-refractivity contribution >= 4 is 40.5 Å². The Morgan fingerprint density at radius 1 is 0.979 bits per heavy atom. The largest absolute Gasteiger partial charge is 0.385 e. The molecule has 4 heterocycles. The summed E-state index contributed by atoms with van der Waals surface area (Å²) in [5, 5.41) is 20.0. The third-order valence-corrected chi connectivity index (χ3v) is 10.1. The molecule has 0 bridgehead atoms. The standard InChI is InChI=1S/C38H41ClN6O2/c1-27-5-2-3-6-28(9-8-27)29-18-23-44(24-19-29)36(46)30-10-16-33(17-11-30)40-37-41-35-34(7-4-22-45(35)42-37)43-25-20-38(47,21-26-43)31-12-14-32(39)15-13-31/h2-7,9-17,22,27,29,47H,8,18-21,23-26H2,1H3,(H,40,42). The first kappa shape index (κ1) is 31.2. The van der Waals surface area contributed by atoms with Crippen molar-refractivity contribution in [3.05, 3.63) is 119 Å². The van der Waals surface area contributed by atoms with Gasteiger partial charge in [0.1, 0.15) is 0 Å². The number of hydrogen-bond acceptors (Lipinski definition) is 6. The third-order valence-electron chi connectivity index (χ3n) is 9.86. The molecule has 2 aliphatic heterocycles. The molecule has 3 aliphatic rings. The molecule has 7 rings (SSSR count). The fourth-order valence-electron chi connectivity index (χ4n) is 6.97. The van der Waals surface area contributed by atoms with E-state index in [1.807, 2.05) is 71.8 Å². The Hall–Kier alpha value is -4.40. The number of allylic oxidation sites excluding steroid dienone is 6. The topological polar surface area (TPSA) is 86.0 Å². The lowest BCUT2D eigenvalue weighted by Crippen LogP contribution is -2.42. The number of likely N-dealkylation sites (tertiary alicyclic amines) is 1. The summed E-state index contributed by atoms with van der Waals surface area (Å²) in [6, 6.07) is 19.1. The minimum absolute atomic E-state index is 0.0775. The third kappa shape index (κ3) is 6.85. The summed E-state index contributed by atoms with van der Waals surface area (Å²) in [6.45, 7) is 5.16. The summed E-state index contributed by atoms with van der Waals surface area (Å²) in [5.74, 6) is 1.62. The van der Waals surface area contributed by atoms with Crippen LogP contribution in [0, 0.1) is 11.8 Å². The van der Waals surface area contributed by atoms with Gasteiger partial charge in [-0.1, -0.05) is 61.0 Å². The predicted octanol–water partition coefficient (Wildman–Crippen LogP) is 7.55.